The van der Waals surface area contributed by atoms with Crippen LogP contribution in [-0.2, 0) is 16.9 Å². The van der Waals surface area contributed by atoms with Crippen LogP contribution < -0.4 is 5.32 Å². The van der Waals surface area contributed by atoms with E-state index >= 15 is 0 Å². The maximum atomic E-state index is 11.9. The van der Waals surface area contributed by atoms with E-state index in [9.17, 15) is 4.79 Å². The molecule has 0 aromatic carbocycles. The van der Waals surface area contributed by atoms with Gasteiger partial charge in [-0.15, -0.1) is 0 Å². The second-order valence-corrected chi connectivity index (χ2v) is 5.72. The SMILES string of the molecule is CC1(c2ncc(CNC(=O)c3cnccn3)cn2)CCCCO1. The Balaban J connectivity index is 1.60. The van der Waals surface area contributed by atoms with E-state index in [1.165, 1.54) is 18.6 Å². The zero-order valence-corrected chi connectivity index (χ0v) is 13.0. The monoisotopic (exact) mass is 313 g/mol. The minimum atomic E-state index is -0.403. The first-order valence-electron chi connectivity index (χ1n) is 7.67. The quantitative estimate of drug-likeness (QED) is 0.922. The molecule has 1 fully saturated rings. The molecule has 0 bridgehead atoms. The fraction of sp³-hybridized carbons (Fsp3) is 0.438. The molecule has 7 heteroatoms. The summed E-state index contributed by atoms with van der Waals surface area (Å²) in [6, 6.07) is 0. The number of rotatable bonds is 4. The highest BCUT2D eigenvalue weighted by atomic mass is 16.5. The van der Waals surface area contributed by atoms with Gasteiger partial charge in [0.2, 0.25) is 0 Å². The van der Waals surface area contributed by atoms with Gasteiger partial charge in [-0.25, -0.2) is 15.0 Å². The minimum Gasteiger partial charge on any atom is -0.367 e. The van der Waals surface area contributed by atoms with Crippen LogP contribution in [0.4, 0.5) is 0 Å². The molecule has 0 radical (unpaired) electrons. The van der Waals surface area contributed by atoms with Crippen molar-refractivity contribution in [3.05, 3.63) is 48.1 Å². The average Bonchev–Trinajstić information content (AvgIpc) is 2.61. The number of ether oxygens (including phenoxy) is 1. The molecule has 7 nitrogen and oxygen atoms in total. The van der Waals surface area contributed by atoms with Crippen LogP contribution in [0.25, 0.3) is 0 Å². The van der Waals surface area contributed by atoms with Crippen LogP contribution >= 0.6 is 0 Å². The van der Waals surface area contributed by atoms with Gasteiger partial charge in [-0.3, -0.25) is 9.78 Å². The third-order valence-electron chi connectivity index (χ3n) is 3.90. The second kappa shape index (κ2) is 6.78. The van der Waals surface area contributed by atoms with Gasteiger partial charge < -0.3 is 10.1 Å². The van der Waals surface area contributed by atoms with Crippen molar-refractivity contribution in [2.45, 2.75) is 38.3 Å². The minimum absolute atomic E-state index is 0.273. The van der Waals surface area contributed by atoms with E-state index in [0.717, 1.165) is 31.4 Å². The first kappa shape index (κ1) is 15.5. The lowest BCUT2D eigenvalue weighted by atomic mass is 9.95. The molecule has 1 atom stereocenters. The summed E-state index contributed by atoms with van der Waals surface area (Å²) in [5.41, 5.74) is 0.707. The number of aromatic nitrogens is 4. The van der Waals surface area contributed by atoms with E-state index in [2.05, 4.69) is 25.3 Å². The van der Waals surface area contributed by atoms with Gasteiger partial charge >= 0.3 is 0 Å². The van der Waals surface area contributed by atoms with Crippen molar-refractivity contribution in [3.63, 3.8) is 0 Å². The summed E-state index contributed by atoms with van der Waals surface area (Å²) in [4.78, 5) is 28.6. The molecule has 0 aliphatic carbocycles. The first-order chi connectivity index (χ1) is 11.2. The standard InChI is InChI=1S/C16H19N5O2/c1-16(4-2-3-7-23-16)15-20-9-12(10-21-15)8-19-14(22)13-11-17-5-6-18-13/h5-6,9-11H,2-4,7-8H2,1H3,(H,19,22). The van der Waals surface area contributed by atoms with Gasteiger partial charge in [0.15, 0.2) is 5.82 Å². The predicted octanol–water partition coefficient (Wildman–Crippen LogP) is 1.61. The average molecular weight is 313 g/mol. The van der Waals surface area contributed by atoms with E-state index < -0.39 is 5.60 Å². The summed E-state index contributed by atoms with van der Waals surface area (Å²) < 4.78 is 5.84. The number of carbonyl (C=O) groups excluding carboxylic acids is 1. The fourth-order valence-corrected chi connectivity index (χ4v) is 2.52. The number of hydrogen-bond acceptors (Lipinski definition) is 6. The molecule has 120 valence electrons. The van der Waals surface area contributed by atoms with Crippen molar-refractivity contribution in [1.82, 2.24) is 25.3 Å². The normalized spacial score (nSPS) is 20.9. The molecule has 1 aliphatic rings. The van der Waals surface area contributed by atoms with E-state index in [4.69, 9.17) is 4.74 Å². The predicted molar refractivity (Wildman–Crippen MR) is 82.4 cm³/mol. The smallest absolute Gasteiger partial charge is 0.271 e. The number of nitrogens with one attached hydrogen (secondary N) is 1. The summed E-state index contributed by atoms with van der Waals surface area (Å²) in [7, 11) is 0. The van der Waals surface area contributed by atoms with Gasteiger partial charge in [-0.2, -0.15) is 0 Å². The lowest BCUT2D eigenvalue weighted by Gasteiger charge is -2.32. The van der Waals surface area contributed by atoms with Gasteiger partial charge in [-0.05, 0) is 26.2 Å². The molecule has 2 aromatic rings. The van der Waals surface area contributed by atoms with Crippen LogP contribution in [0, 0.1) is 0 Å². The van der Waals surface area contributed by atoms with Gasteiger partial charge in [0.1, 0.15) is 11.3 Å². The van der Waals surface area contributed by atoms with E-state index in [0.29, 0.717) is 12.4 Å². The largest absolute Gasteiger partial charge is 0.367 e. The van der Waals surface area contributed by atoms with E-state index in [1.807, 2.05) is 6.92 Å². The Bertz CT molecular complexity index is 654. The first-order valence-corrected chi connectivity index (χ1v) is 7.67. The highest BCUT2D eigenvalue weighted by molar-refractivity contribution is 5.91. The third kappa shape index (κ3) is 3.68. The lowest BCUT2D eigenvalue weighted by Crippen LogP contribution is -2.32. The van der Waals surface area contributed by atoms with Crippen LogP contribution in [0.3, 0.4) is 0 Å². The number of hydrogen-bond donors (Lipinski definition) is 1. The summed E-state index contributed by atoms with van der Waals surface area (Å²) in [5, 5.41) is 2.77. The third-order valence-corrected chi connectivity index (χ3v) is 3.90. The van der Waals surface area contributed by atoms with Crippen molar-refractivity contribution < 1.29 is 9.53 Å². The molecule has 1 saturated heterocycles. The highest BCUT2D eigenvalue weighted by Gasteiger charge is 2.32. The topological polar surface area (TPSA) is 89.9 Å². The van der Waals surface area contributed by atoms with Crippen LogP contribution in [0.1, 0.15) is 48.1 Å². The van der Waals surface area contributed by atoms with Gasteiger partial charge in [0, 0.05) is 43.5 Å². The van der Waals surface area contributed by atoms with Crippen molar-refractivity contribution in [1.29, 1.82) is 0 Å². The summed E-state index contributed by atoms with van der Waals surface area (Å²) in [6.07, 6.45) is 11.0. The van der Waals surface area contributed by atoms with E-state index in [-0.39, 0.29) is 11.6 Å². The lowest BCUT2D eigenvalue weighted by molar-refractivity contribution is -0.0760. The molecule has 1 amide bonds. The molecule has 1 aliphatic heterocycles. The zero-order chi connectivity index (χ0) is 16.1. The Hall–Kier alpha value is -2.41. The van der Waals surface area contributed by atoms with Crippen molar-refractivity contribution in [2.24, 2.45) is 0 Å². The highest BCUT2D eigenvalue weighted by Crippen LogP contribution is 2.32. The molecule has 0 saturated carbocycles. The van der Waals surface area contributed by atoms with E-state index in [1.54, 1.807) is 12.4 Å². The molecule has 1 N–H and O–H groups in total. The zero-order valence-electron chi connectivity index (χ0n) is 13.0. The van der Waals surface area contributed by atoms with Gasteiger partial charge in [0.25, 0.3) is 5.91 Å². The Labute approximate surface area is 134 Å². The Morgan fingerprint density at radius 3 is 2.70 bits per heavy atom. The molecule has 0 spiro atoms. The summed E-state index contributed by atoms with van der Waals surface area (Å²) in [6.45, 7) is 3.11. The van der Waals surface area contributed by atoms with Gasteiger partial charge in [-0.1, -0.05) is 0 Å². The summed E-state index contributed by atoms with van der Waals surface area (Å²) >= 11 is 0. The maximum Gasteiger partial charge on any atom is 0.271 e. The fourth-order valence-electron chi connectivity index (χ4n) is 2.52. The van der Waals surface area contributed by atoms with Crippen molar-refractivity contribution >= 4 is 5.91 Å². The van der Waals surface area contributed by atoms with Crippen LogP contribution in [0.5, 0.6) is 0 Å². The maximum absolute atomic E-state index is 11.9. The second-order valence-electron chi connectivity index (χ2n) is 5.72. The van der Waals surface area contributed by atoms with Crippen LogP contribution in [0.2, 0.25) is 0 Å². The molecule has 3 heterocycles. The Kier molecular flexibility index (Phi) is 4.57. The number of nitrogens with zero attached hydrogens (tertiary/aromatic N) is 4. The van der Waals surface area contributed by atoms with Gasteiger partial charge in [0.05, 0.1) is 6.20 Å². The van der Waals surface area contributed by atoms with Crippen LogP contribution in [0.15, 0.2) is 31.0 Å². The van der Waals surface area contributed by atoms with Crippen LogP contribution in [-0.4, -0.2) is 32.4 Å². The molecular weight excluding hydrogens is 294 g/mol. The molecule has 3 rings (SSSR count). The van der Waals surface area contributed by atoms with Crippen molar-refractivity contribution in [2.75, 3.05) is 6.61 Å². The Morgan fingerprint density at radius 2 is 2.04 bits per heavy atom. The molecule has 2 aromatic heterocycles. The number of carbonyl (C=O) groups is 1. The van der Waals surface area contributed by atoms with Crippen molar-refractivity contribution in [3.8, 4) is 0 Å². The summed E-state index contributed by atoms with van der Waals surface area (Å²) in [5.74, 6) is 0.422. The Morgan fingerprint density at radius 1 is 1.22 bits per heavy atom. The molecule has 1 unspecified atom stereocenters. The molecular formula is C16H19N5O2. The molecule has 23 heavy (non-hydrogen) atoms. The number of amides is 1.